The number of nitrogens with one attached hydrogen (secondary N) is 1. The predicted molar refractivity (Wildman–Crippen MR) is 67.4 cm³/mol. The number of sulfone groups is 1. The largest absolute Gasteiger partial charge is 0.481 e. The Labute approximate surface area is 111 Å². The molecule has 1 saturated heterocycles. The van der Waals surface area contributed by atoms with E-state index >= 15 is 0 Å². The topological polar surface area (TPSA) is 104 Å². The van der Waals surface area contributed by atoms with Gasteiger partial charge in [-0.1, -0.05) is 12.2 Å². The first kappa shape index (κ1) is 13.9. The summed E-state index contributed by atoms with van der Waals surface area (Å²) in [5.41, 5.74) is 0. The van der Waals surface area contributed by atoms with Crippen molar-refractivity contribution in [3.63, 3.8) is 0 Å². The van der Waals surface area contributed by atoms with E-state index in [1.807, 2.05) is 0 Å². The molecule has 1 heterocycles. The molecule has 2 aliphatic rings. The van der Waals surface area contributed by atoms with Crippen molar-refractivity contribution in [1.82, 2.24) is 10.2 Å². The molecular formula is C11H16N2O5S. The fourth-order valence-electron chi connectivity index (χ4n) is 2.15. The van der Waals surface area contributed by atoms with Gasteiger partial charge in [-0.05, 0) is 6.42 Å². The number of rotatable bonds is 2. The lowest BCUT2D eigenvalue weighted by Crippen LogP contribution is -2.50. The van der Waals surface area contributed by atoms with Gasteiger partial charge >= 0.3 is 12.0 Å². The van der Waals surface area contributed by atoms with Crippen molar-refractivity contribution in [2.75, 3.05) is 24.6 Å². The summed E-state index contributed by atoms with van der Waals surface area (Å²) in [7, 11) is -3.01. The van der Waals surface area contributed by atoms with Crippen molar-refractivity contribution in [2.24, 2.45) is 5.92 Å². The van der Waals surface area contributed by atoms with Gasteiger partial charge in [0.15, 0.2) is 9.84 Å². The molecule has 2 N–H and O–H groups in total. The van der Waals surface area contributed by atoms with Crippen LogP contribution in [-0.4, -0.2) is 61.1 Å². The zero-order valence-electron chi connectivity index (χ0n) is 10.3. The van der Waals surface area contributed by atoms with Crippen molar-refractivity contribution < 1.29 is 23.1 Å². The van der Waals surface area contributed by atoms with Crippen LogP contribution in [0.1, 0.15) is 6.42 Å². The lowest BCUT2D eigenvalue weighted by Gasteiger charge is -2.28. The maximum atomic E-state index is 11.9. The quantitative estimate of drug-likeness (QED) is 0.664. The summed E-state index contributed by atoms with van der Waals surface area (Å²) in [6.45, 7) is 0.375. The molecule has 0 aromatic carbocycles. The third-order valence-electron chi connectivity index (χ3n) is 3.34. The first-order chi connectivity index (χ1) is 8.87. The Morgan fingerprint density at radius 2 is 1.84 bits per heavy atom. The van der Waals surface area contributed by atoms with Crippen molar-refractivity contribution >= 4 is 21.8 Å². The van der Waals surface area contributed by atoms with Crippen LogP contribution in [0.2, 0.25) is 0 Å². The molecule has 106 valence electrons. The monoisotopic (exact) mass is 288 g/mol. The van der Waals surface area contributed by atoms with Crippen molar-refractivity contribution in [3.8, 4) is 0 Å². The molecule has 0 spiro atoms. The van der Waals surface area contributed by atoms with Crippen LogP contribution in [0, 0.1) is 5.92 Å². The Bertz CT molecular complexity index is 499. The molecule has 19 heavy (non-hydrogen) atoms. The van der Waals surface area contributed by atoms with Gasteiger partial charge in [0.1, 0.15) is 0 Å². The zero-order valence-corrected chi connectivity index (χ0v) is 11.1. The first-order valence-electron chi connectivity index (χ1n) is 6.04. The minimum Gasteiger partial charge on any atom is -0.481 e. The van der Waals surface area contributed by atoms with Crippen molar-refractivity contribution in [2.45, 2.75) is 12.5 Å². The number of hydrogen-bond donors (Lipinski definition) is 2. The lowest BCUT2D eigenvalue weighted by molar-refractivity contribution is -0.140. The average molecular weight is 288 g/mol. The summed E-state index contributed by atoms with van der Waals surface area (Å²) in [6.07, 6.45) is 3.57. The van der Waals surface area contributed by atoms with Crippen molar-refractivity contribution in [3.05, 3.63) is 12.2 Å². The Hall–Kier alpha value is -1.57. The molecule has 2 unspecified atom stereocenters. The highest BCUT2D eigenvalue weighted by Gasteiger charge is 2.29. The Morgan fingerprint density at radius 3 is 2.37 bits per heavy atom. The third kappa shape index (κ3) is 3.46. The number of carboxylic acid groups (broad SMARTS) is 1. The number of carbonyl (C=O) groups excluding carboxylic acids is 1. The molecule has 2 amide bonds. The number of carboxylic acids is 1. The Morgan fingerprint density at radius 1 is 1.21 bits per heavy atom. The molecule has 0 radical (unpaired) electrons. The summed E-state index contributed by atoms with van der Waals surface area (Å²) >= 11 is 0. The van der Waals surface area contributed by atoms with Gasteiger partial charge in [0.05, 0.1) is 23.5 Å². The molecule has 2 rings (SSSR count). The second kappa shape index (κ2) is 5.20. The molecular weight excluding hydrogens is 272 g/mol. The number of aliphatic carboxylic acids is 1. The maximum Gasteiger partial charge on any atom is 0.317 e. The van der Waals surface area contributed by atoms with E-state index in [0.717, 1.165) is 0 Å². The van der Waals surface area contributed by atoms with Gasteiger partial charge in [-0.3, -0.25) is 4.79 Å². The summed E-state index contributed by atoms with van der Waals surface area (Å²) in [5, 5.41) is 11.5. The SMILES string of the molecule is O=C(O)C1C=CC(NC(=O)N2CCS(=O)(=O)CC2)C1. The summed E-state index contributed by atoms with van der Waals surface area (Å²) in [5.74, 6) is -1.50. The van der Waals surface area contributed by atoms with E-state index in [0.29, 0.717) is 6.42 Å². The van der Waals surface area contributed by atoms with Gasteiger partial charge in [0.25, 0.3) is 0 Å². The van der Waals surface area contributed by atoms with E-state index < -0.39 is 21.7 Å². The third-order valence-corrected chi connectivity index (χ3v) is 4.95. The molecule has 2 atom stereocenters. The van der Waals surface area contributed by atoms with Crippen LogP contribution in [-0.2, 0) is 14.6 Å². The minimum atomic E-state index is -3.01. The van der Waals surface area contributed by atoms with Crippen LogP contribution >= 0.6 is 0 Å². The summed E-state index contributed by atoms with van der Waals surface area (Å²) < 4.78 is 22.5. The second-order valence-electron chi connectivity index (χ2n) is 4.76. The predicted octanol–water partition coefficient (Wildman–Crippen LogP) is -0.544. The highest BCUT2D eigenvalue weighted by Crippen LogP contribution is 2.18. The zero-order chi connectivity index (χ0) is 14.0. The molecule has 1 fully saturated rings. The highest BCUT2D eigenvalue weighted by molar-refractivity contribution is 7.91. The Kier molecular flexibility index (Phi) is 3.79. The van der Waals surface area contributed by atoms with E-state index in [1.165, 1.54) is 4.90 Å². The van der Waals surface area contributed by atoms with E-state index in [-0.39, 0.29) is 36.7 Å². The Balaban J connectivity index is 1.83. The fourth-order valence-corrected chi connectivity index (χ4v) is 3.36. The molecule has 0 aromatic rings. The van der Waals surface area contributed by atoms with Crippen molar-refractivity contribution in [1.29, 1.82) is 0 Å². The highest BCUT2D eigenvalue weighted by atomic mass is 32.2. The van der Waals surface area contributed by atoms with E-state index in [2.05, 4.69) is 5.32 Å². The van der Waals surface area contributed by atoms with Gasteiger partial charge in [-0.25, -0.2) is 13.2 Å². The summed E-state index contributed by atoms with van der Waals surface area (Å²) in [4.78, 5) is 24.1. The molecule has 1 aliphatic carbocycles. The van der Waals surface area contributed by atoms with Crippen LogP contribution in [0.25, 0.3) is 0 Å². The minimum absolute atomic E-state index is 0.0152. The van der Waals surface area contributed by atoms with Gasteiger partial charge in [-0.2, -0.15) is 0 Å². The first-order valence-corrected chi connectivity index (χ1v) is 7.86. The van der Waals surface area contributed by atoms with E-state index in [9.17, 15) is 18.0 Å². The average Bonchev–Trinajstić information content (AvgIpc) is 2.77. The maximum absolute atomic E-state index is 11.9. The van der Waals surface area contributed by atoms with E-state index in [4.69, 9.17) is 5.11 Å². The smallest absolute Gasteiger partial charge is 0.317 e. The molecule has 0 aromatic heterocycles. The van der Waals surface area contributed by atoms with Crippen LogP contribution < -0.4 is 5.32 Å². The second-order valence-corrected chi connectivity index (χ2v) is 7.06. The standard InChI is InChI=1S/C11H16N2O5S/c14-10(15)8-1-2-9(7-8)12-11(16)13-3-5-19(17,18)6-4-13/h1-2,8-9H,3-7H2,(H,12,16)(H,14,15). The molecule has 8 heteroatoms. The lowest BCUT2D eigenvalue weighted by atomic mass is 10.1. The van der Waals surface area contributed by atoms with Crippen LogP contribution in [0.3, 0.4) is 0 Å². The van der Waals surface area contributed by atoms with Crippen LogP contribution in [0.15, 0.2) is 12.2 Å². The number of carbonyl (C=O) groups is 2. The molecule has 0 bridgehead atoms. The van der Waals surface area contributed by atoms with Crippen LogP contribution in [0.5, 0.6) is 0 Å². The number of nitrogens with zero attached hydrogens (tertiary/aromatic N) is 1. The van der Waals surface area contributed by atoms with E-state index in [1.54, 1.807) is 12.2 Å². The number of urea groups is 1. The normalized spacial score (nSPS) is 29.2. The molecule has 1 aliphatic heterocycles. The number of hydrogen-bond acceptors (Lipinski definition) is 4. The van der Waals surface area contributed by atoms with Gasteiger partial charge in [0, 0.05) is 13.1 Å². The van der Waals surface area contributed by atoms with Gasteiger partial charge < -0.3 is 15.3 Å². The molecule has 0 saturated carbocycles. The van der Waals surface area contributed by atoms with Gasteiger partial charge in [0.2, 0.25) is 0 Å². The fraction of sp³-hybridized carbons (Fsp3) is 0.636. The molecule has 7 nitrogen and oxygen atoms in total. The van der Waals surface area contributed by atoms with Crippen LogP contribution in [0.4, 0.5) is 4.79 Å². The van der Waals surface area contributed by atoms with Gasteiger partial charge in [-0.15, -0.1) is 0 Å². The summed E-state index contributed by atoms with van der Waals surface area (Å²) in [6, 6.07) is -0.636. The number of amides is 2.